The summed E-state index contributed by atoms with van der Waals surface area (Å²) in [5, 5.41) is 8.89. The molecule has 0 saturated heterocycles. The molecule has 0 radical (unpaired) electrons. The molecule has 0 N–H and O–H groups in total. The van der Waals surface area contributed by atoms with E-state index in [1.54, 1.807) is 0 Å². The SMILES string of the molecule is CCCCCCCCCCc1ccc(-c2ccc(OCCCCCCCC)cc2)nn1. The van der Waals surface area contributed by atoms with Crippen molar-refractivity contribution in [3.63, 3.8) is 0 Å². The average molecular weight is 425 g/mol. The lowest BCUT2D eigenvalue weighted by molar-refractivity contribution is 0.304. The van der Waals surface area contributed by atoms with Crippen molar-refractivity contribution in [3.8, 4) is 17.0 Å². The van der Waals surface area contributed by atoms with Gasteiger partial charge in [0.25, 0.3) is 0 Å². The zero-order valence-electron chi connectivity index (χ0n) is 20.1. The normalized spacial score (nSPS) is 11.0. The summed E-state index contributed by atoms with van der Waals surface area (Å²) in [7, 11) is 0. The number of rotatable bonds is 18. The van der Waals surface area contributed by atoms with E-state index in [1.165, 1.54) is 83.5 Å². The van der Waals surface area contributed by atoms with E-state index >= 15 is 0 Å². The molecule has 0 unspecified atom stereocenters. The van der Waals surface area contributed by atoms with Gasteiger partial charge in [-0.15, -0.1) is 0 Å². The highest BCUT2D eigenvalue weighted by Gasteiger charge is 2.03. The predicted molar refractivity (Wildman–Crippen MR) is 133 cm³/mol. The first-order chi connectivity index (χ1) is 15.3. The molecule has 2 rings (SSSR count). The lowest BCUT2D eigenvalue weighted by Gasteiger charge is -2.07. The summed E-state index contributed by atoms with van der Waals surface area (Å²) in [4.78, 5) is 0. The highest BCUT2D eigenvalue weighted by Crippen LogP contribution is 2.21. The minimum Gasteiger partial charge on any atom is -0.494 e. The van der Waals surface area contributed by atoms with Gasteiger partial charge in [-0.05, 0) is 55.7 Å². The van der Waals surface area contributed by atoms with Crippen molar-refractivity contribution in [3.05, 3.63) is 42.1 Å². The quantitative estimate of drug-likeness (QED) is 0.225. The molecule has 3 nitrogen and oxygen atoms in total. The Kier molecular flexibility index (Phi) is 13.7. The van der Waals surface area contributed by atoms with Crippen LogP contribution in [0.4, 0.5) is 0 Å². The zero-order valence-corrected chi connectivity index (χ0v) is 20.1. The van der Waals surface area contributed by atoms with Gasteiger partial charge in [-0.25, -0.2) is 0 Å². The van der Waals surface area contributed by atoms with Gasteiger partial charge in [0.1, 0.15) is 5.75 Å². The molecule has 0 amide bonds. The molecule has 0 atom stereocenters. The third-order valence-corrected chi connectivity index (χ3v) is 5.92. The van der Waals surface area contributed by atoms with E-state index in [-0.39, 0.29) is 0 Å². The summed E-state index contributed by atoms with van der Waals surface area (Å²) in [5.74, 6) is 0.941. The van der Waals surface area contributed by atoms with Crippen LogP contribution in [0.3, 0.4) is 0 Å². The lowest BCUT2D eigenvalue weighted by Crippen LogP contribution is -1.98. The van der Waals surface area contributed by atoms with Crippen LogP contribution in [0.1, 0.15) is 109 Å². The Bertz CT molecular complexity index is 666. The Morgan fingerprint density at radius 1 is 0.581 bits per heavy atom. The van der Waals surface area contributed by atoms with Crippen LogP contribution in [-0.2, 0) is 6.42 Å². The summed E-state index contributed by atoms with van der Waals surface area (Å²) >= 11 is 0. The van der Waals surface area contributed by atoms with E-state index in [0.717, 1.165) is 42.1 Å². The van der Waals surface area contributed by atoms with E-state index in [9.17, 15) is 0 Å². The van der Waals surface area contributed by atoms with Gasteiger partial charge in [0, 0.05) is 5.56 Å². The van der Waals surface area contributed by atoms with Crippen LogP contribution in [-0.4, -0.2) is 16.8 Å². The Labute approximate surface area is 191 Å². The third kappa shape index (κ3) is 11.3. The molecule has 0 fully saturated rings. The molecule has 1 aromatic carbocycles. The summed E-state index contributed by atoms with van der Waals surface area (Å²) in [6.45, 7) is 5.33. The minimum absolute atomic E-state index is 0.804. The highest BCUT2D eigenvalue weighted by molar-refractivity contribution is 5.59. The Hall–Kier alpha value is -1.90. The number of benzene rings is 1. The van der Waals surface area contributed by atoms with Crippen molar-refractivity contribution < 1.29 is 4.74 Å². The van der Waals surface area contributed by atoms with Crippen molar-refractivity contribution in [2.75, 3.05) is 6.61 Å². The van der Waals surface area contributed by atoms with Crippen LogP contribution >= 0.6 is 0 Å². The summed E-state index contributed by atoms with van der Waals surface area (Å²) in [5.41, 5.74) is 3.13. The number of nitrogens with zero attached hydrogens (tertiary/aromatic N) is 2. The fourth-order valence-corrected chi connectivity index (χ4v) is 3.88. The van der Waals surface area contributed by atoms with Crippen LogP contribution in [0.25, 0.3) is 11.3 Å². The minimum atomic E-state index is 0.804. The maximum Gasteiger partial charge on any atom is 0.119 e. The fraction of sp³-hybridized carbons (Fsp3) is 0.643. The predicted octanol–water partition coefficient (Wildman–Crippen LogP) is 8.57. The standard InChI is InChI=1S/C28H44N2O/c1-3-5-7-9-11-12-13-15-17-26-20-23-28(30-29-26)25-18-21-27(22-19-25)31-24-16-14-10-8-6-4-2/h18-23H,3-17,24H2,1-2H3. The Balaban J connectivity index is 1.63. The maximum atomic E-state index is 5.88. The second kappa shape index (κ2) is 16.8. The average Bonchev–Trinajstić information content (AvgIpc) is 2.81. The molecule has 0 aliphatic heterocycles. The smallest absolute Gasteiger partial charge is 0.119 e. The van der Waals surface area contributed by atoms with Gasteiger partial charge in [0.05, 0.1) is 18.0 Å². The van der Waals surface area contributed by atoms with Gasteiger partial charge in [0.2, 0.25) is 0 Å². The molecule has 172 valence electrons. The number of ether oxygens (including phenoxy) is 1. The molecule has 2 aromatic rings. The zero-order chi connectivity index (χ0) is 22.0. The molecular formula is C28H44N2O. The molecule has 31 heavy (non-hydrogen) atoms. The first-order valence-corrected chi connectivity index (χ1v) is 12.9. The van der Waals surface area contributed by atoms with Crippen LogP contribution < -0.4 is 4.74 Å². The van der Waals surface area contributed by atoms with E-state index in [2.05, 4.69) is 48.3 Å². The second-order valence-corrected chi connectivity index (χ2v) is 8.78. The second-order valence-electron chi connectivity index (χ2n) is 8.78. The molecule has 0 aliphatic rings. The van der Waals surface area contributed by atoms with E-state index in [4.69, 9.17) is 4.74 Å². The summed E-state index contributed by atoms with van der Waals surface area (Å²) in [6.07, 6.45) is 19.5. The largest absolute Gasteiger partial charge is 0.494 e. The van der Waals surface area contributed by atoms with Gasteiger partial charge in [0.15, 0.2) is 0 Å². The number of hydrogen-bond donors (Lipinski definition) is 0. The first kappa shape index (κ1) is 25.4. The van der Waals surface area contributed by atoms with Crippen LogP contribution in [0.2, 0.25) is 0 Å². The van der Waals surface area contributed by atoms with Crippen LogP contribution in [0, 0.1) is 0 Å². The number of aromatic nitrogens is 2. The first-order valence-electron chi connectivity index (χ1n) is 12.9. The Morgan fingerprint density at radius 3 is 1.74 bits per heavy atom. The summed E-state index contributed by atoms with van der Waals surface area (Å²) in [6, 6.07) is 12.5. The molecule has 0 aliphatic carbocycles. The van der Waals surface area contributed by atoms with Gasteiger partial charge in [-0.1, -0.05) is 90.9 Å². The van der Waals surface area contributed by atoms with Crippen molar-refractivity contribution >= 4 is 0 Å². The highest BCUT2D eigenvalue weighted by atomic mass is 16.5. The molecule has 0 bridgehead atoms. The maximum absolute atomic E-state index is 5.88. The number of aryl methyl sites for hydroxylation is 1. The number of unbranched alkanes of at least 4 members (excludes halogenated alkanes) is 12. The fourth-order valence-electron chi connectivity index (χ4n) is 3.88. The van der Waals surface area contributed by atoms with Crippen molar-refractivity contribution in [2.24, 2.45) is 0 Å². The lowest BCUT2D eigenvalue weighted by atomic mass is 10.1. The van der Waals surface area contributed by atoms with Crippen molar-refractivity contribution in [1.29, 1.82) is 0 Å². The van der Waals surface area contributed by atoms with Crippen LogP contribution in [0.5, 0.6) is 5.75 Å². The van der Waals surface area contributed by atoms with E-state index in [1.807, 2.05) is 12.1 Å². The number of hydrogen-bond acceptors (Lipinski definition) is 3. The van der Waals surface area contributed by atoms with Gasteiger partial charge >= 0.3 is 0 Å². The summed E-state index contributed by atoms with van der Waals surface area (Å²) < 4.78 is 5.88. The van der Waals surface area contributed by atoms with Gasteiger partial charge < -0.3 is 4.74 Å². The molecular weight excluding hydrogens is 380 g/mol. The molecule has 0 spiro atoms. The van der Waals surface area contributed by atoms with Gasteiger partial charge in [-0.2, -0.15) is 10.2 Å². The monoisotopic (exact) mass is 424 g/mol. The van der Waals surface area contributed by atoms with Crippen molar-refractivity contribution in [2.45, 2.75) is 110 Å². The van der Waals surface area contributed by atoms with E-state index < -0.39 is 0 Å². The molecule has 1 heterocycles. The van der Waals surface area contributed by atoms with Gasteiger partial charge in [-0.3, -0.25) is 0 Å². The van der Waals surface area contributed by atoms with E-state index in [0.29, 0.717) is 0 Å². The van der Waals surface area contributed by atoms with Crippen LogP contribution in [0.15, 0.2) is 36.4 Å². The topological polar surface area (TPSA) is 35.0 Å². The third-order valence-electron chi connectivity index (χ3n) is 5.92. The molecule has 1 aromatic heterocycles. The molecule has 3 heteroatoms. The molecule has 0 saturated carbocycles. The Morgan fingerprint density at radius 2 is 1.16 bits per heavy atom. The van der Waals surface area contributed by atoms with Crippen molar-refractivity contribution in [1.82, 2.24) is 10.2 Å².